The maximum absolute atomic E-state index is 5.62. The first-order valence-corrected chi connectivity index (χ1v) is 5.57. The fourth-order valence-electron chi connectivity index (χ4n) is 1.97. The van der Waals surface area contributed by atoms with Crippen molar-refractivity contribution < 1.29 is 0 Å². The van der Waals surface area contributed by atoms with Crippen molar-refractivity contribution in [2.75, 3.05) is 0 Å². The second kappa shape index (κ2) is 5.83. The lowest BCUT2D eigenvalue weighted by molar-refractivity contribution is 0.368. The Labute approximate surface area is 92.1 Å². The minimum absolute atomic E-state index is 0.228. The molecule has 2 unspecified atom stereocenters. The summed E-state index contributed by atoms with van der Waals surface area (Å²) in [4.78, 5) is 4.19. The predicted octanol–water partition coefficient (Wildman–Crippen LogP) is 2.33. The zero-order chi connectivity index (χ0) is 11.3. The summed E-state index contributed by atoms with van der Waals surface area (Å²) in [6, 6.07) is 4.35. The SMILES string of the molecule is CCCC(C)C(NN)c1ccnc(C)c1. The average Bonchev–Trinajstić information content (AvgIpc) is 2.19. The van der Waals surface area contributed by atoms with Crippen LogP contribution in [0.4, 0.5) is 0 Å². The minimum Gasteiger partial charge on any atom is -0.271 e. The van der Waals surface area contributed by atoms with Gasteiger partial charge in [0.2, 0.25) is 0 Å². The van der Waals surface area contributed by atoms with Crippen LogP contribution in [-0.4, -0.2) is 4.98 Å². The normalized spacial score (nSPS) is 14.9. The monoisotopic (exact) mass is 207 g/mol. The fraction of sp³-hybridized carbons (Fsp3) is 0.583. The zero-order valence-electron chi connectivity index (χ0n) is 9.83. The van der Waals surface area contributed by atoms with Crippen LogP contribution in [0.5, 0.6) is 0 Å². The van der Waals surface area contributed by atoms with Crippen LogP contribution in [0, 0.1) is 12.8 Å². The van der Waals surface area contributed by atoms with E-state index in [0.29, 0.717) is 5.92 Å². The quantitative estimate of drug-likeness (QED) is 0.575. The molecule has 0 saturated heterocycles. The van der Waals surface area contributed by atoms with Gasteiger partial charge in [0.25, 0.3) is 0 Å². The van der Waals surface area contributed by atoms with E-state index in [1.54, 1.807) is 0 Å². The van der Waals surface area contributed by atoms with E-state index in [-0.39, 0.29) is 6.04 Å². The highest BCUT2D eigenvalue weighted by Gasteiger charge is 2.17. The van der Waals surface area contributed by atoms with Crippen LogP contribution < -0.4 is 11.3 Å². The van der Waals surface area contributed by atoms with Gasteiger partial charge in [0.05, 0.1) is 0 Å². The number of nitrogens with zero attached hydrogens (tertiary/aromatic N) is 1. The second-order valence-corrected chi connectivity index (χ2v) is 4.14. The Morgan fingerprint density at radius 1 is 1.53 bits per heavy atom. The van der Waals surface area contributed by atoms with E-state index in [9.17, 15) is 0 Å². The summed E-state index contributed by atoms with van der Waals surface area (Å²) in [5.41, 5.74) is 5.17. The van der Waals surface area contributed by atoms with Gasteiger partial charge >= 0.3 is 0 Å². The summed E-state index contributed by atoms with van der Waals surface area (Å²) in [5, 5.41) is 0. The number of rotatable bonds is 5. The van der Waals surface area contributed by atoms with E-state index in [1.807, 2.05) is 19.2 Å². The third kappa shape index (κ3) is 3.29. The first-order chi connectivity index (χ1) is 7.19. The molecule has 0 amide bonds. The molecule has 0 bridgehead atoms. The lowest BCUT2D eigenvalue weighted by Gasteiger charge is -2.23. The molecule has 1 rings (SSSR count). The smallest absolute Gasteiger partial charge is 0.0486 e. The Morgan fingerprint density at radius 2 is 2.27 bits per heavy atom. The summed E-state index contributed by atoms with van der Waals surface area (Å²) in [6.45, 7) is 6.42. The highest BCUT2D eigenvalue weighted by atomic mass is 15.2. The maximum atomic E-state index is 5.62. The molecular formula is C12H21N3. The molecule has 3 nitrogen and oxygen atoms in total. The van der Waals surface area contributed by atoms with Gasteiger partial charge in [-0.05, 0) is 37.0 Å². The third-order valence-corrected chi connectivity index (χ3v) is 2.77. The van der Waals surface area contributed by atoms with Crippen molar-refractivity contribution in [1.29, 1.82) is 0 Å². The van der Waals surface area contributed by atoms with Crippen molar-refractivity contribution in [3.05, 3.63) is 29.6 Å². The van der Waals surface area contributed by atoms with Crippen LogP contribution >= 0.6 is 0 Å². The van der Waals surface area contributed by atoms with Crippen LogP contribution in [0.1, 0.15) is 44.0 Å². The summed E-state index contributed by atoms with van der Waals surface area (Å²) < 4.78 is 0. The molecule has 1 aromatic rings. The molecule has 0 aliphatic carbocycles. The molecule has 0 aliphatic rings. The van der Waals surface area contributed by atoms with E-state index in [4.69, 9.17) is 5.84 Å². The molecule has 1 aromatic heterocycles. The van der Waals surface area contributed by atoms with Crippen molar-refractivity contribution in [2.24, 2.45) is 11.8 Å². The number of pyridine rings is 1. The van der Waals surface area contributed by atoms with Crippen molar-refractivity contribution in [3.8, 4) is 0 Å². The first-order valence-electron chi connectivity index (χ1n) is 5.57. The molecule has 1 heterocycles. The molecule has 0 aliphatic heterocycles. The molecule has 15 heavy (non-hydrogen) atoms. The van der Waals surface area contributed by atoms with Crippen molar-refractivity contribution >= 4 is 0 Å². The number of aromatic nitrogens is 1. The van der Waals surface area contributed by atoms with Gasteiger partial charge in [-0.25, -0.2) is 0 Å². The summed E-state index contributed by atoms with van der Waals surface area (Å²) in [5.74, 6) is 6.16. The topological polar surface area (TPSA) is 50.9 Å². The molecule has 0 radical (unpaired) electrons. The average molecular weight is 207 g/mol. The molecule has 0 saturated carbocycles. The molecule has 3 N–H and O–H groups in total. The fourth-order valence-corrected chi connectivity index (χ4v) is 1.97. The number of aryl methyl sites for hydroxylation is 1. The number of hydrogen-bond acceptors (Lipinski definition) is 3. The third-order valence-electron chi connectivity index (χ3n) is 2.77. The van der Waals surface area contributed by atoms with Gasteiger partial charge in [0, 0.05) is 17.9 Å². The van der Waals surface area contributed by atoms with Crippen LogP contribution in [0.25, 0.3) is 0 Å². The van der Waals surface area contributed by atoms with E-state index in [1.165, 1.54) is 18.4 Å². The Balaban J connectivity index is 2.82. The Bertz CT molecular complexity index is 299. The largest absolute Gasteiger partial charge is 0.271 e. The molecule has 0 fully saturated rings. The van der Waals surface area contributed by atoms with Crippen molar-refractivity contribution in [2.45, 2.75) is 39.7 Å². The molecule has 0 aromatic carbocycles. The Kier molecular flexibility index (Phi) is 4.72. The number of nitrogens with one attached hydrogen (secondary N) is 1. The second-order valence-electron chi connectivity index (χ2n) is 4.14. The first kappa shape index (κ1) is 12.1. The molecule has 2 atom stereocenters. The highest BCUT2D eigenvalue weighted by Crippen LogP contribution is 2.24. The van der Waals surface area contributed by atoms with Crippen molar-refractivity contribution in [3.63, 3.8) is 0 Å². The molecule has 3 heteroatoms. The summed E-state index contributed by atoms with van der Waals surface area (Å²) in [7, 11) is 0. The number of nitrogens with two attached hydrogens (primary N) is 1. The zero-order valence-corrected chi connectivity index (χ0v) is 9.83. The van der Waals surface area contributed by atoms with E-state index in [2.05, 4.69) is 30.3 Å². The standard InChI is InChI=1S/C12H21N3/c1-4-5-9(2)12(15-13)11-6-7-14-10(3)8-11/h6-9,12,15H,4-5,13H2,1-3H3. The minimum atomic E-state index is 0.228. The van der Waals surface area contributed by atoms with E-state index in [0.717, 1.165) is 5.69 Å². The van der Waals surface area contributed by atoms with Gasteiger partial charge in [-0.2, -0.15) is 0 Å². The Morgan fingerprint density at radius 3 is 2.80 bits per heavy atom. The summed E-state index contributed by atoms with van der Waals surface area (Å²) >= 11 is 0. The van der Waals surface area contributed by atoms with Crippen molar-refractivity contribution in [1.82, 2.24) is 10.4 Å². The van der Waals surface area contributed by atoms with Crippen LogP contribution in [0.3, 0.4) is 0 Å². The predicted molar refractivity (Wildman–Crippen MR) is 63.1 cm³/mol. The number of hydrazine groups is 1. The van der Waals surface area contributed by atoms with Gasteiger partial charge in [-0.3, -0.25) is 16.3 Å². The van der Waals surface area contributed by atoms with Crippen LogP contribution in [0.2, 0.25) is 0 Å². The molecule has 0 spiro atoms. The Hall–Kier alpha value is -0.930. The summed E-state index contributed by atoms with van der Waals surface area (Å²) in [6.07, 6.45) is 4.20. The van der Waals surface area contributed by atoms with Gasteiger partial charge < -0.3 is 0 Å². The highest BCUT2D eigenvalue weighted by molar-refractivity contribution is 5.19. The lowest BCUT2D eigenvalue weighted by atomic mass is 9.92. The van der Waals surface area contributed by atoms with E-state index >= 15 is 0 Å². The van der Waals surface area contributed by atoms with Crippen LogP contribution in [-0.2, 0) is 0 Å². The maximum Gasteiger partial charge on any atom is 0.0486 e. The van der Waals surface area contributed by atoms with Crippen LogP contribution in [0.15, 0.2) is 18.3 Å². The van der Waals surface area contributed by atoms with Gasteiger partial charge in [-0.1, -0.05) is 20.3 Å². The lowest BCUT2D eigenvalue weighted by Crippen LogP contribution is -2.32. The van der Waals surface area contributed by atoms with E-state index < -0.39 is 0 Å². The molecular weight excluding hydrogens is 186 g/mol. The molecule has 84 valence electrons. The van der Waals surface area contributed by atoms with Gasteiger partial charge in [-0.15, -0.1) is 0 Å². The van der Waals surface area contributed by atoms with Gasteiger partial charge in [0.15, 0.2) is 0 Å². The number of hydrogen-bond donors (Lipinski definition) is 2. The van der Waals surface area contributed by atoms with Gasteiger partial charge in [0.1, 0.15) is 0 Å².